The third-order valence-electron chi connectivity index (χ3n) is 4.18. The van der Waals surface area contributed by atoms with Crippen molar-refractivity contribution in [2.24, 2.45) is 0 Å². The molecule has 7 heteroatoms. The molecular weight excluding hydrogens is 359 g/mol. The lowest BCUT2D eigenvalue weighted by molar-refractivity contribution is -0.137. The lowest BCUT2D eigenvalue weighted by Gasteiger charge is -2.32. The van der Waals surface area contributed by atoms with E-state index in [0.29, 0.717) is 6.42 Å². The van der Waals surface area contributed by atoms with Crippen LogP contribution < -0.4 is 10.6 Å². The Morgan fingerprint density at radius 2 is 1.85 bits per heavy atom. The second-order valence-electron chi connectivity index (χ2n) is 5.68. The predicted octanol–water partition coefficient (Wildman–Crippen LogP) is 3.49. The van der Waals surface area contributed by atoms with Gasteiger partial charge in [0.15, 0.2) is 0 Å². The lowest BCUT2D eigenvalue weighted by atomic mass is 9.90. The van der Waals surface area contributed by atoms with Gasteiger partial charge in [-0.05, 0) is 30.2 Å². The van der Waals surface area contributed by atoms with Crippen LogP contribution >= 0.6 is 11.6 Å². The van der Waals surface area contributed by atoms with Crippen LogP contribution in [0.25, 0.3) is 0 Å². The molecular formula is C19H20ClFN2O3. The smallest absolute Gasteiger partial charge is 0.313 e. The summed E-state index contributed by atoms with van der Waals surface area (Å²) >= 11 is 5.66. The van der Waals surface area contributed by atoms with Crippen LogP contribution in [0.4, 0.5) is 10.1 Å². The number of carbonyl (C=O) groups excluding carboxylic acids is 2. The van der Waals surface area contributed by atoms with E-state index in [1.165, 1.54) is 12.1 Å². The fraction of sp³-hybridized carbons (Fsp3) is 0.263. The van der Waals surface area contributed by atoms with Crippen LogP contribution in [0.5, 0.6) is 0 Å². The van der Waals surface area contributed by atoms with E-state index in [9.17, 15) is 14.0 Å². The molecule has 0 heterocycles. The van der Waals surface area contributed by atoms with E-state index in [0.717, 1.165) is 11.6 Å². The standard InChI is InChI=1S/C19H20ClFN2O3/c1-3-19(26-2,13-7-5-4-6-8-13)12-22-17(24)18(25)23-14-9-10-16(21)15(20)11-14/h4-11H,3,12H2,1-2H3,(H,22,24)(H,23,25)/t19-/m0/s1. The molecule has 0 unspecified atom stereocenters. The average molecular weight is 379 g/mol. The molecule has 0 aliphatic carbocycles. The minimum absolute atomic E-state index is 0.125. The fourth-order valence-corrected chi connectivity index (χ4v) is 2.75. The van der Waals surface area contributed by atoms with E-state index < -0.39 is 23.2 Å². The molecule has 2 aromatic carbocycles. The van der Waals surface area contributed by atoms with Crippen molar-refractivity contribution in [2.45, 2.75) is 18.9 Å². The second-order valence-corrected chi connectivity index (χ2v) is 6.09. The average Bonchev–Trinajstić information content (AvgIpc) is 2.66. The van der Waals surface area contributed by atoms with E-state index in [1.54, 1.807) is 7.11 Å². The molecule has 5 nitrogen and oxygen atoms in total. The van der Waals surface area contributed by atoms with E-state index in [4.69, 9.17) is 16.3 Å². The molecule has 0 fully saturated rings. The molecule has 0 bridgehead atoms. The Bertz CT molecular complexity index is 780. The van der Waals surface area contributed by atoms with Crippen LogP contribution in [-0.2, 0) is 19.9 Å². The van der Waals surface area contributed by atoms with Gasteiger partial charge in [0, 0.05) is 12.8 Å². The molecule has 2 rings (SSSR count). The first kappa shape index (κ1) is 19.9. The Morgan fingerprint density at radius 3 is 2.42 bits per heavy atom. The van der Waals surface area contributed by atoms with Crippen molar-refractivity contribution in [1.82, 2.24) is 5.32 Å². The predicted molar refractivity (Wildman–Crippen MR) is 98.5 cm³/mol. The fourth-order valence-electron chi connectivity index (χ4n) is 2.57. The maximum Gasteiger partial charge on any atom is 0.313 e. The van der Waals surface area contributed by atoms with Gasteiger partial charge in [-0.1, -0.05) is 48.9 Å². The number of hydrogen-bond donors (Lipinski definition) is 2. The third-order valence-corrected chi connectivity index (χ3v) is 4.47. The van der Waals surface area contributed by atoms with Gasteiger partial charge in [0.1, 0.15) is 11.4 Å². The minimum Gasteiger partial charge on any atom is -0.372 e. The summed E-state index contributed by atoms with van der Waals surface area (Å²) in [5, 5.41) is 4.82. The molecule has 0 radical (unpaired) electrons. The number of ether oxygens (including phenoxy) is 1. The second kappa shape index (κ2) is 8.78. The Hall–Kier alpha value is -2.44. The van der Waals surface area contributed by atoms with Gasteiger partial charge in [-0.2, -0.15) is 0 Å². The number of benzene rings is 2. The maximum absolute atomic E-state index is 13.1. The normalized spacial score (nSPS) is 12.9. The van der Waals surface area contributed by atoms with Gasteiger partial charge in [-0.25, -0.2) is 4.39 Å². The zero-order chi connectivity index (χ0) is 19.2. The summed E-state index contributed by atoms with van der Waals surface area (Å²) in [5.74, 6) is -2.30. The number of anilines is 1. The first-order chi connectivity index (χ1) is 12.4. The van der Waals surface area contributed by atoms with Crippen molar-refractivity contribution in [3.05, 3.63) is 64.9 Å². The minimum atomic E-state index is -0.873. The zero-order valence-electron chi connectivity index (χ0n) is 14.5. The van der Waals surface area contributed by atoms with Crippen LogP contribution in [0, 0.1) is 5.82 Å². The van der Waals surface area contributed by atoms with Gasteiger partial charge >= 0.3 is 11.8 Å². The van der Waals surface area contributed by atoms with Crippen LogP contribution in [0.2, 0.25) is 5.02 Å². The monoisotopic (exact) mass is 378 g/mol. The molecule has 0 saturated carbocycles. The quantitative estimate of drug-likeness (QED) is 0.756. The van der Waals surface area contributed by atoms with Crippen LogP contribution in [0.15, 0.2) is 48.5 Å². The van der Waals surface area contributed by atoms with Crippen molar-refractivity contribution >= 4 is 29.1 Å². The summed E-state index contributed by atoms with van der Waals surface area (Å²) < 4.78 is 18.8. The molecule has 0 aromatic heterocycles. The first-order valence-electron chi connectivity index (χ1n) is 8.07. The summed E-state index contributed by atoms with van der Waals surface area (Å²) in [6.45, 7) is 2.06. The van der Waals surface area contributed by atoms with Gasteiger partial charge in [0.25, 0.3) is 0 Å². The highest BCUT2D eigenvalue weighted by molar-refractivity contribution is 6.39. The SMILES string of the molecule is CC[C@@](CNC(=O)C(=O)Nc1ccc(F)c(Cl)c1)(OC)c1ccccc1. The van der Waals surface area contributed by atoms with Crippen LogP contribution in [0.3, 0.4) is 0 Å². The van der Waals surface area contributed by atoms with Gasteiger partial charge in [-0.3, -0.25) is 9.59 Å². The summed E-state index contributed by atoms with van der Waals surface area (Å²) in [6, 6.07) is 13.1. The molecule has 2 aromatic rings. The Morgan fingerprint density at radius 1 is 1.15 bits per heavy atom. The van der Waals surface area contributed by atoms with Gasteiger partial charge in [-0.15, -0.1) is 0 Å². The molecule has 138 valence electrons. The van der Waals surface area contributed by atoms with Gasteiger partial charge < -0.3 is 15.4 Å². The molecule has 26 heavy (non-hydrogen) atoms. The van der Waals surface area contributed by atoms with E-state index in [2.05, 4.69) is 10.6 Å². The molecule has 0 saturated heterocycles. The molecule has 2 N–H and O–H groups in total. The van der Waals surface area contributed by atoms with E-state index >= 15 is 0 Å². The Kier molecular flexibility index (Phi) is 6.71. The third kappa shape index (κ3) is 4.59. The van der Waals surface area contributed by atoms with Crippen molar-refractivity contribution in [3.8, 4) is 0 Å². The summed E-state index contributed by atoms with van der Waals surface area (Å²) in [5.41, 5.74) is 0.389. The van der Waals surface area contributed by atoms with Gasteiger partial charge in [0.2, 0.25) is 0 Å². The van der Waals surface area contributed by atoms with E-state index in [1.807, 2.05) is 37.3 Å². The highest BCUT2D eigenvalue weighted by atomic mass is 35.5. The van der Waals surface area contributed by atoms with Crippen LogP contribution in [-0.4, -0.2) is 25.5 Å². The maximum atomic E-state index is 13.1. The highest BCUT2D eigenvalue weighted by Crippen LogP contribution is 2.28. The lowest BCUT2D eigenvalue weighted by Crippen LogP contribution is -2.45. The van der Waals surface area contributed by atoms with E-state index in [-0.39, 0.29) is 17.3 Å². The van der Waals surface area contributed by atoms with Gasteiger partial charge in [0.05, 0.1) is 11.6 Å². The molecule has 0 aliphatic rings. The highest BCUT2D eigenvalue weighted by Gasteiger charge is 2.31. The molecule has 0 aliphatic heterocycles. The number of carbonyl (C=O) groups is 2. The molecule has 0 spiro atoms. The number of hydrogen-bond acceptors (Lipinski definition) is 3. The summed E-state index contributed by atoms with van der Waals surface area (Å²) in [4.78, 5) is 24.2. The summed E-state index contributed by atoms with van der Waals surface area (Å²) in [6.07, 6.45) is 0.600. The number of amides is 2. The van der Waals surface area contributed by atoms with Crippen molar-refractivity contribution in [2.75, 3.05) is 19.0 Å². The Labute approximate surface area is 156 Å². The number of halogens is 2. The molecule has 1 atom stereocenters. The zero-order valence-corrected chi connectivity index (χ0v) is 15.3. The summed E-state index contributed by atoms with van der Waals surface area (Å²) in [7, 11) is 1.56. The molecule has 2 amide bonds. The number of nitrogens with one attached hydrogen (secondary N) is 2. The Balaban J connectivity index is 2.03. The topological polar surface area (TPSA) is 67.4 Å². The number of rotatable bonds is 6. The van der Waals surface area contributed by atoms with Crippen molar-refractivity contribution in [1.29, 1.82) is 0 Å². The first-order valence-corrected chi connectivity index (χ1v) is 8.44. The largest absolute Gasteiger partial charge is 0.372 e. The number of methoxy groups -OCH3 is 1. The van der Waals surface area contributed by atoms with Crippen molar-refractivity contribution in [3.63, 3.8) is 0 Å². The van der Waals surface area contributed by atoms with Crippen LogP contribution in [0.1, 0.15) is 18.9 Å². The van der Waals surface area contributed by atoms with Crippen molar-refractivity contribution < 1.29 is 18.7 Å².